The van der Waals surface area contributed by atoms with Gasteiger partial charge in [-0.05, 0) is 122 Å². The Morgan fingerprint density at radius 3 is 0.756 bits per heavy atom. The van der Waals surface area contributed by atoms with Gasteiger partial charge in [0.2, 0.25) is 0 Å². The summed E-state index contributed by atoms with van der Waals surface area (Å²) in [6.45, 7) is 6.51. The minimum atomic E-state index is -0.793. The smallest absolute Gasteiger partial charge is 0.306 e. The first-order valence-corrected chi connectivity index (χ1v) is 34.2. The summed E-state index contributed by atoms with van der Waals surface area (Å²) >= 11 is 0. The van der Waals surface area contributed by atoms with Crippen LogP contribution in [-0.2, 0) is 28.6 Å². The molecule has 466 valence electrons. The summed E-state index contributed by atoms with van der Waals surface area (Å²) in [6.07, 6.45) is 97.6. The lowest BCUT2D eigenvalue weighted by molar-refractivity contribution is -0.167. The van der Waals surface area contributed by atoms with Gasteiger partial charge in [0, 0.05) is 19.3 Å². The molecule has 0 rings (SSSR count). The van der Waals surface area contributed by atoms with Crippen molar-refractivity contribution in [1.82, 2.24) is 0 Å². The number of carbonyl (C=O) groups excluding carboxylic acids is 3. The Balaban J connectivity index is 4.30. The van der Waals surface area contributed by atoms with Crippen LogP contribution in [0.4, 0.5) is 0 Å². The molecule has 0 aromatic heterocycles. The predicted octanol–water partition coefficient (Wildman–Crippen LogP) is 23.7. The first-order chi connectivity index (χ1) is 40.5. The normalized spacial score (nSPS) is 13.0. The van der Waals surface area contributed by atoms with Gasteiger partial charge in [-0.25, -0.2) is 0 Å². The number of esters is 3. The van der Waals surface area contributed by atoms with Crippen LogP contribution >= 0.6 is 0 Å². The maximum atomic E-state index is 12.9. The monoisotopic (exact) mass is 1130 g/mol. The van der Waals surface area contributed by atoms with Crippen molar-refractivity contribution in [3.63, 3.8) is 0 Å². The number of rotatable bonds is 61. The molecule has 0 bridgehead atoms. The number of carbonyl (C=O) groups is 3. The average molecular weight is 1140 g/mol. The van der Waals surface area contributed by atoms with Crippen molar-refractivity contribution in [2.75, 3.05) is 13.2 Å². The zero-order valence-corrected chi connectivity index (χ0v) is 53.5. The van der Waals surface area contributed by atoms with Crippen LogP contribution in [0.25, 0.3) is 0 Å². The number of hydrogen-bond acceptors (Lipinski definition) is 6. The van der Waals surface area contributed by atoms with Crippen LogP contribution in [0.3, 0.4) is 0 Å². The van der Waals surface area contributed by atoms with Crippen molar-refractivity contribution in [3.8, 4) is 0 Å². The summed E-state index contributed by atoms with van der Waals surface area (Å²) in [7, 11) is 0. The molecule has 0 aliphatic heterocycles. The Morgan fingerprint density at radius 1 is 0.256 bits per heavy atom. The zero-order chi connectivity index (χ0) is 59.2. The zero-order valence-electron chi connectivity index (χ0n) is 53.5. The van der Waals surface area contributed by atoms with E-state index in [0.29, 0.717) is 19.3 Å². The van der Waals surface area contributed by atoms with Gasteiger partial charge in [0.25, 0.3) is 0 Å². The summed E-state index contributed by atoms with van der Waals surface area (Å²) < 4.78 is 16.9. The van der Waals surface area contributed by atoms with Crippen LogP contribution in [0.15, 0.2) is 134 Å². The third-order valence-electron chi connectivity index (χ3n) is 14.4. The summed E-state index contributed by atoms with van der Waals surface area (Å²) in [6, 6.07) is 0. The van der Waals surface area contributed by atoms with Crippen LogP contribution in [0.2, 0.25) is 0 Å². The van der Waals surface area contributed by atoms with Gasteiger partial charge in [0.1, 0.15) is 13.2 Å². The van der Waals surface area contributed by atoms with E-state index in [1.165, 1.54) is 135 Å². The highest BCUT2D eigenvalue weighted by atomic mass is 16.6. The Bertz CT molecular complexity index is 1730. The lowest BCUT2D eigenvalue weighted by atomic mass is 10.1. The molecule has 0 amide bonds. The van der Waals surface area contributed by atoms with Crippen LogP contribution in [0.5, 0.6) is 0 Å². The van der Waals surface area contributed by atoms with Gasteiger partial charge >= 0.3 is 17.9 Å². The lowest BCUT2D eigenvalue weighted by Crippen LogP contribution is -2.30. The molecule has 1 atom stereocenters. The fourth-order valence-electron chi connectivity index (χ4n) is 9.29. The highest BCUT2D eigenvalue weighted by Gasteiger charge is 2.19. The van der Waals surface area contributed by atoms with Gasteiger partial charge in [-0.1, -0.05) is 302 Å². The number of hydrogen-bond donors (Lipinski definition) is 0. The molecule has 0 saturated carbocycles. The molecule has 6 nitrogen and oxygen atoms in total. The number of allylic oxidation sites excluding steroid dienone is 22. The SMILES string of the molecule is CC/C=C\C/C=C\C/C=C\C/C=C\C/C=C\C/C=C\C/C=C\C/C=C\C/C=C\C/C=C\CCCCCCC(=O)OCC(COC(=O)CCCCCCCCCCCCC)OC(=O)CCCCCCCCC/C=C\CCCCCCCCC. The molecule has 0 aromatic rings. The fraction of sp³-hybridized carbons (Fsp3) is 0.671. The quantitative estimate of drug-likeness (QED) is 0.0261. The maximum absolute atomic E-state index is 12.9. The highest BCUT2D eigenvalue weighted by Crippen LogP contribution is 2.16. The molecule has 0 aromatic carbocycles. The van der Waals surface area contributed by atoms with Crippen LogP contribution in [0, 0.1) is 0 Å². The van der Waals surface area contributed by atoms with Gasteiger partial charge in [-0.3, -0.25) is 14.4 Å². The molecule has 0 radical (unpaired) electrons. The highest BCUT2D eigenvalue weighted by molar-refractivity contribution is 5.71. The van der Waals surface area contributed by atoms with E-state index in [1.807, 2.05) is 0 Å². The molecule has 0 aliphatic carbocycles. The third-order valence-corrected chi connectivity index (χ3v) is 14.4. The van der Waals surface area contributed by atoms with E-state index in [9.17, 15) is 14.4 Å². The van der Waals surface area contributed by atoms with Gasteiger partial charge in [-0.15, -0.1) is 0 Å². The molecular formula is C76H126O6. The van der Waals surface area contributed by atoms with Crippen LogP contribution in [0.1, 0.15) is 310 Å². The molecule has 0 heterocycles. The van der Waals surface area contributed by atoms with E-state index in [4.69, 9.17) is 14.2 Å². The fourth-order valence-corrected chi connectivity index (χ4v) is 9.29. The second kappa shape index (κ2) is 69.0. The molecule has 1 unspecified atom stereocenters. The summed E-state index contributed by atoms with van der Waals surface area (Å²) in [5, 5.41) is 0. The van der Waals surface area contributed by atoms with E-state index in [2.05, 4.69) is 154 Å². The summed E-state index contributed by atoms with van der Waals surface area (Å²) in [4.78, 5) is 38.3. The van der Waals surface area contributed by atoms with E-state index >= 15 is 0 Å². The largest absolute Gasteiger partial charge is 0.462 e. The van der Waals surface area contributed by atoms with Crippen LogP contribution in [-0.4, -0.2) is 37.2 Å². The topological polar surface area (TPSA) is 78.9 Å². The molecule has 82 heavy (non-hydrogen) atoms. The van der Waals surface area contributed by atoms with Crippen molar-refractivity contribution in [2.24, 2.45) is 0 Å². The molecule has 0 fully saturated rings. The van der Waals surface area contributed by atoms with E-state index in [1.54, 1.807) is 0 Å². The Morgan fingerprint density at radius 2 is 0.476 bits per heavy atom. The number of unbranched alkanes of at least 4 members (excludes halogenated alkanes) is 28. The van der Waals surface area contributed by atoms with Crippen molar-refractivity contribution < 1.29 is 28.6 Å². The van der Waals surface area contributed by atoms with E-state index in [-0.39, 0.29) is 31.1 Å². The summed E-state index contributed by atoms with van der Waals surface area (Å²) in [5.74, 6) is -0.913. The first-order valence-electron chi connectivity index (χ1n) is 34.2. The van der Waals surface area contributed by atoms with E-state index < -0.39 is 6.10 Å². The lowest BCUT2D eigenvalue weighted by Gasteiger charge is -2.18. The predicted molar refractivity (Wildman–Crippen MR) is 357 cm³/mol. The number of ether oxygens (including phenoxy) is 3. The Labute approximate surface area is 506 Å². The molecular weight excluding hydrogens is 1010 g/mol. The second-order valence-corrected chi connectivity index (χ2v) is 22.4. The van der Waals surface area contributed by atoms with Gasteiger partial charge in [0.05, 0.1) is 0 Å². The third kappa shape index (κ3) is 66.4. The van der Waals surface area contributed by atoms with Crippen molar-refractivity contribution >= 4 is 17.9 Å². The van der Waals surface area contributed by atoms with Gasteiger partial charge in [-0.2, -0.15) is 0 Å². The van der Waals surface area contributed by atoms with Crippen molar-refractivity contribution in [1.29, 1.82) is 0 Å². The second-order valence-electron chi connectivity index (χ2n) is 22.4. The molecule has 0 saturated heterocycles. The van der Waals surface area contributed by atoms with Crippen molar-refractivity contribution in [2.45, 2.75) is 316 Å². The molecule has 0 N–H and O–H groups in total. The molecule has 0 spiro atoms. The Kier molecular flexibility index (Phi) is 65.3. The maximum Gasteiger partial charge on any atom is 0.306 e. The average Bonchev–Trinajstić information content (AvgIpc) is 3.47. The van der Waals surface area contributed by atoms with E-state index in [0.717, 1.165) is 135 Å². The standard InChI is InChI=1S/C76H126O6/c1-4-7-10-13-16-19-22-24-26-28-30-31-32-33-34-35-36-37-38-39-40-41-42-43-44-45-46-48-49-51-54-57-60-63-66-69-75(78)81-72-73(71-80-74(77)68-65-62-59-56-53-21-18-15-12-9-6-3)82-76(79)70-67-64-61-58-55-52-50-47-29-27-25-23-20-17-14-11-8-5-2/h7,10,16,19,24,26-27,29-31,33-34,36-37,39-40,42-43,45-46,49,51,73H,4-6,8-9,11-15,17-18,20-23,25,28,32,35,38,41,44,47-48,50,52-72H2,1-3H3/b10-7-,19-16-,26-24-,29-27-,31-30-,34-33-,37-36-,40-39-,43-42-,46-45-,51-49-. The molecule has 0 aliphatic rings. The van der Waals surface area contributed by atoms with Crippen LogP contribution < -0.4 is 0 Å². The first kappa shape index (κ1) is 77.5. The van der Waals surface area contributed by atoms with Gasteiger partial charge < -0.3 is 14.2 Å². The van der Waals surface area contributed by atoms with Crippen molar-refractivity contribution in [3.05, 3.63) is 134 Å². The minimum absolute atomic E-state index is 0.0876. The summed E-state index contributed by atoms with van der Waals surface area (Å²) in [5.41, 5.74) is 0. The molecule has 6 heteroatoms. The minimum Gasteiger partial charge on any atom is -0.462 e. The van der Waals surface area contributed by atoms with Gasteiger partial charge in [0.15, 0.2) is 6.10 Å². The Hall–Kier alpha value is -4.45.